The van der Waals surface area contributed by atoms with E-state index in [4.69, 9.17) is 0 Å². The van der Waals surface area contributed by atoms with Crippen molar-refractivity contribution in [3.63, 3.8) is 0 Å². The number of nitrogens with zero attached hydrogens (tertiary/aromatic N) is 3. The van der Waals surface area contributed by atoms with Gasteiger partial charge in [-0.25, -0.2) is 0 Å². The summed E-state index contributed by atoms with van der Waals surface area (Å²) < 4.78 is 2.05. The summed E-state index contributed by atoms with van der Waals surface area (Å²) in [6, 6.07) is 16.8. The molecule has 30 heavy (non-hydrogen) atoms. The molecule has 1 heterocycles. The lowest BCUT2D eigenvalue weighted by molar-refractivity contribution is -0.121. The van der Waals surface area contributed by atoms with Gasteiger partial charge >= 0.3 is 0 Å². The number of carbonyl (C=O) groups excluding carboxylic acids is 1. The Hall–Kier alpha value is -2.60. The number of aryl methyl sites for hydroxylation is 2. The second kappa shape index (κ2) is 11.0. The first-order chi connectivity index (χ1) is 14.6. The topological polar surface area (TPSA) is 59.8 Å². The third-order valence-corrected chi connectivity index (χ3v) is 5.89. The number of unbranched alkanes of at least 4 members (excludes halogenated alkanes) is 2. The van der Waals surface area contributed by atoms with Crippen LogP contribution in [0, 0.1) is 13.8 Å². The maximum Gasteiger partial charge on any atom is 0.220 e. The predicted molar refractivity (Wildman–Crippen MR) is 123 cm³/mol. The van der Waals surface area contributed by atoms with Crippen LogP contribution in [0.25, 0.3) is 5.69 Å². The fourth-order valence-electron chi connectivity index (χ4n) is 3.21. The molecule has 0 bridgehead atoms. The van der Waals surface area contributed by atoms with Gasteiger partial charge in [-0.1, -0.05) is 79.1 Å². The molecule has 0 saturated heterocycles. The Morgan fingerprint density at radius 2 is 1.83 bits per heavy atom. The summed E-state index contributed by atoms with van der Waals surface area (Å²) in [6.07, 6.45) is 3.66. The molecule has 5 nitrogen and oxygen atoms in total. The van der Waals surface area contributed by atoms with E-state index in [-0.39, 0.29) is 5.91 Å². The highest BCUT2D eigenvalue weighted by molar-refractivity contribution is 7.98. The number of aromatic nitrogens is 3. The summed E-state index contributed by atoms with van der Waals surface area (Å²) in [7, 11) is 0. The van der Waals surface area contributed by atoms with Crippen molar-refractivity contribution in [2.75, 3.05) is 0 Å². The van der Waals surface area contributed by atoms with Crippen molar-refractivity contribution in [1.82, 2.24) is 20.1 Å². The van der Waals surface area contributed by atoms with E-state index in [9.17, 15) is 4.79 Å². The number of amides is 1. The number of benzene rings is 2. The highest BCUT2D eigenvalue weighted by Gasteiger charge is 2.15. The van der Waals surface area contributed by atoms with Gasteiger partial charge in [0.1, 0.15) is 0 Å². The Labute approximate surface area is 183 Å². The molecule has 158 valence electrons. The van der Waals surface area contributed by atoms with E-state index in [1.54, 1.807) is 11.8 Å². The molecule has 3 aromatic rings. The first-order valence-electron chi connectivity index (χ1n) is 10.5. The molecule has 3 rings (SSSR count). The molecule has 0 radical (unpaired) electrons. The molecule has 0 atom stereocenters. The van der Waals surface area contributed by atoms with Gasteiger partial charge in [0.15, 0.2) is 11.0 Å². The average molecular weight is 423 g/mol. The summed E-state index contributed by atoms with van der Waals surface area (Å²) in [5, 5.41) is 12.7. The zero-order chi connectivity index (χ0) is 21.3. The number of nitrogens with one attached hydrogen (secondary N) is 1. The van der Waals surface area contributed by atoms with E-state index >= 15 is 0 Å². The number of thioether (sulfide) groups is 1. The van der Waals surface area contributed by atoms with Crippen molar-refractivity contribution in [1.29, 1.82) is 0 Å². The average Bonchev–Trinajstić information content (AvgIpc) is 3.14. The van der Waals surface area contributed by atoms with Gasteiger partial charge < -0.3 is 5.32 Å². The Kier molecular flexibility index (Phi) is 8.08. The molecule has 0 fully saturated rings. The number of hydrogen-bond acceptors (Lipinski definition) is 4. The number of rotatable bonds is 10. The zero-order valence-corrected chi connectivity index (χ0v) is 18.8. The van der Waals surface area contributed by atoms with Gasteiger partial charge in [0.25, 0.3) is 0 Å². The third-order valence-electron chi connectivity index (χ3n) is 4.89. The molecule has 1 N–H and O–H groups in total. The van der Waals surface area contributed by atoms with Crippen LogP contribution in [-0.2, 0) is 17.1 Å². The first-order valence-corrected chi connectivity index (χ1v) is 11.5. The van der Waals surface area contributed by atoms with Crippen LogP contribution in [0.15, 0.2) is 53.7 Å². The van der Waals surface area contributed by atoms with Gasteiger partial charge in [-0.15, -0.1) is 10.2 Å². The fraction of sp³-hybridized carbons (Fsp3) is 0.375. The predicted octanol–water partition coefficient (Wildman–Crippen LogP) is 5.37. The monoisotopic (exact) mass is 422 g/mol. The standard InChI is InChI=1S/C24H30N4OS/c1-4-5-6-10-23(29)25-16-22-26-27-24(28(22)21-13-11-18(2)12-14-21)30-17-20-9-7-8-19(3)15-20/h7-9,11-15H,4-6,10,16-17H2,1-3H3,(H,25,29). The Morgan fingerprint density at radius 3 is 2.57 bits per heavy atom. The van der Waals surface area contributed by atoms with Crippen LogP contribution in [0.5, 0.6) is 0 Å². The van der Waals surface area contributed by atoms with Crippen LogP contribution in [0.4, 0.5) is 0 Å². The second-order valence-corrected chi connectivity index (χ2v) is 8.52. The zero-order valence-electron chi connectivity index (χ0n) is 18.0. The second-order valence-electron chi connectivity index (χ2n) is 7.58. The minimum absolute atomic E-state index is 0.0656. The number of carbonyl (C=O) groups is 1. The van der Waals surface area contributed by atoms with Crippen LogP contribution in [0.1, 0.15) is 55.1 Å². The maximum atomic E-state index is 12.2. The van der Waals surface area contributed by atoms with E-state index in [1.807, 2.05) is 4.57 Å². The molecule has 0 aliphatic carbocycles. The lowest BCUT2D eigenvalue weighted by Crippen LogP contribution is -2.24. The van der Waals surface area contributed by atoms with Crippen LogP contribution >= 0.6 is 11.8 Å². The van der Waals surface area contributed by atoms with Crippen LogP contribution in [0.2, 0.25) is 0 Å². The van der Waals surface area contributed by atoms with Crippen molar-refractivity contribution in [2.45, 2.75) is 63.9 Å². The molecule has 0 aliphatic heterocycles. The Morgan fingerprint density at radius 1 is 1.03 bits per heavy atom. The quantitative estimate of drug-likeness (QED) is 0.352. The summed E-state index contributed by atoms with van der Waals surface area (Å²) in [6.45, 7) is 6.68. The van der Waals surface area contributed by atoms with E-state index in [0.717, 1.165) is 41.7 Å². The van der Waals surface area contributed by atoms with Crippen molar-refractivity contribution in [2.24, 2.45) is 0 Å². The summed E-state index contributed by atoms with van der Waals surface area (Å²) >= 11 is 1.66. The van der Waals surface area contributed by atoms with Crippen molar-refractivity contribution in [3.05, 3.63) is 71.0 Å². The van der Waals surface area contributed by atoms with Gasteiger partial charge in [-0.3, -0.25) is 9.36 Å². The van der Waals surface area contributed by atoms with Crippen LogP contribution < -0.4 is 5.32 Å². The lowest BCUT2D eigenvalue weighted by Gasteiger charge is -2.11. The fourth-order valence-corrected chi connectivity index (χ4v) is 4.13. The lowest BCUT2D eigenvalue weighted by atomic mass is 10.2. The molecule has 1 amide bonds. The van der Waals surface area contributed by atoms with Crippen LogP contribution in [-0.4, -0.2) is 20.7 Å². The Balaban J connectivity index is 1.77. The molecule has 0 aliphatic rings. The van der Waals surface area contributed by atoms with Crippen molar-refractivity contribution >= 4 is 17.7 Å². The van der Waals surface area contributed by atoms with Crippen molar-refractivity contribution in [3.8, 4) is 5.69 Å². The van der Waals surface area contributed by atoms with Gasteiger partial charge in [-0.2, -0.15) is 0 Å². The van der Waals surface area contributed by atoms with E-state index in [2.05, 4.69) is 84.8 Å². The highest BCUT2D eigenvalue weighted by atomic mass is 32.2. The van der Waals surface area contributed by atoms with Crippen LogP contribution in [0.3, 0.4) is 0 Å². The highest BCUT2D eigenvalue weighted by Crippen LogP contribution is 2.26. The summed E-state index contributed by atoms with van der Waals surface area (Å²) in [5.74, 6) is 1.63. The summed E-state index contributed by atoms with van der Waals surface area (Å²) in [5.41, 5.74) is 4.71. The van der Waals surface area contributed by atoms with Gasteiger partial charge in [0.05, 0.1) is 6.54 Å². The minimum Gasteiger partial charge on any atom is -0.349 e. The smallest absolute Gasteiger partial charge is 0.220 e. The van der Waals surface area contributed by atoms with E-state index in [0.29, 0.717) is 13.0 Å². The molecular weight excluding hydrogens is 392 g/mol. The normalized spacial score (nSPS) is 10.9. The van der Waals surface area contributed by atoms with E-state index < -0.39 is 0 Å². The molecule has 1 aromatic heterocycles. The third kappa shape index (κ3) is 6.20. The largest absolute Gasteiger partial charge is 0.349 e. The van der Waals surface area contributed by atoms with Crippen molar-refractivity contribution < 1.29 is 4.79 Å². The Bertz CT molecular complexity index is 966. The van der Waals surface area contributed by atoms with Gasteiger partial charge in [-0.05, 0) is 38.0 Å². The SMILES string of the molecule is CCCCCC(=O)NCc1nnc(SCc2cccc(C)c2)n1-c1ccc(C)cc1. The molecule has 6 heteroatoms. The van der Waals surface area contributed by atoms with Gasteiger partial charge in [0.2, 0.25) is 5.91 Å². The number of hydrogen-bond donors (Lipinski definition) is 1. The summed E-state index contributed by atoms with van der Waals surface area (Å²) in [4.78, 5) is 12.2. The molecule has 2 aromatic carbocycles. The van der Waals surface area contributed by atoms with Gasteiger partial charge in [0, 0.05) is 17.9 Å². The molecule has 0 spiro atoms. The molecule has 0 saturated carbocycles. The first kappa shape index (κ1) is 22.1. The molecular formula is C24H30N4OS. The maximum absolute atomic E-state index is 12.2. The molecule has 0 unspecified atom stereocenters. The van der Waals surface area contributed by atoms with E-state index in [1.165, 1.54) is 16.7 Å². The minimum atomic E-state index is 0.0656.